The van der Waals surface area contributed by atoms with Crippen LogP contribution in [0.25, 0.3) is 0 Å². The van der Waals surface area contributed by atoms with Crippen LogP contribution in [0.3, 0.4) is 0 Å². The second kappa shape index (κ2) is 7.84. The lowest BCUT2D eigenvalue weighted by Gasteiger charge is -2.44. The van der Waals surface area contributed by atoms with Crippen molar-refractivity contribution in [3.63, 3.8) is 0 Å². The van der Waals surface area contributed by atoms with Crippen molar-refractivity contribution in [3.8, 4) is 0 Å². The van der Waals surface area contributed by atoms with E-state index in [-0.39, 0.29) is 17.9 Å². The molecule has 1 saturated heterocycles. The lowest BCUT2D eigenvalue weighted by molar-refractivity contribution is -0.120. The highest BCUT2D eigenvalue weighted by Gasteiger charge is 2.37. The highest BCUT2D eigenvalue weighted by atomic mass is 35.5. The third kappa shape index (κ3) is 3.59. The first-order valence-electron chi connectivity index (χ1n) is 9.75. The van der Waals surface area contributed by atoms with E-state index in [0.29, 0.717) is 17.1 Å². The van der Waals surface area contributed by atoms with E-state index in [1.807, 2.05) is 42.5 Å². The van der Waals surface area contributed by atoms with E-state index in [1.165, 1.54) is 0 Å². The molecule has 0 spiro atoms. The van der Waals surface area contributed by atoms with Gasteiger partial charge in [-0.3, -0.25) is 9.59 Å². The number of anilines is 2. The van der Waals surface area contributed by atoms with Crippen molar-refractivity contribution < 1.29 is 9.59 Å². The molecular formula is C22H24ClN3O2. The molecule has 2 aliphatic heterocycles. The second-order valence-electron chi connectivity index (χ2n) is 7.44. The van der Waals surface area contributed by atoms with Gasteiger partial charge in [0.05, 0.1) is 11.4 Å². The molecule has 28 heavy (non-hydrogen) atoms. The number of carbonyl (C=O) groups is 2. The van der Waals surface area contributed by atoms with Crippen LogP contribution in [0.15, 0.2) is 42.5 Å². The van der Waals surface area contributed by atoms with E-state index in [0.717, 1.165) is 49.2 Å². The maximum absolute atomic E-state index is 12.7. The predicted molar refractivity (Wildman–Crippen MR) is 112 cm³/mol. The van der Waals surface area contributed by atoms with E-state index in [9.17, 15) is 9.59 Å². The van der Waals surface area contributed by atoms with Gasteiger partial charge in [0.15, 0.2) is 0 Å². The number of rotatable bonds is 4. The zero-order valence-electron chi connectivity index (χ0n) is 16.0. The third-order valence-corrected chi connectivity index (χ3v) is 5.89. The van der Waals surface area contributed by atoms with Crippen LogP contribution in [-0.2, 0) is 11.2 Å². The molecule has 2 aromatic rings. The van der Waals surface area contributed by atoms with Gasteiger partial charge >= 0.3 is 0 Å². The van der Waals surface area contributed by atoms with Crippen LogP contribution in [0.4, 0.5) is 11.4 Å². The molecule has 1 fully saturated rings. The number of benzene rings is 2. The van der Waals surface area contributed by atoms with Crippen LogP contribution >= 0.6 is 11.6 Å². The quantitative estimate of drug-likeness (QED) is 0.856. The first kappa shape index (κ1) is 18.8. The topological polar surface area (TPSA) is 52.7 Å². The largest absolute Gasteiger partial charge is 0.358 e. The van der Waals surface area contributed by atoms with E-state index in [4.69, 9.17) is 11.6 Å². The van der Waals surface area contributed by atoms with Crippen molar-refractivity contribution in [2.75, 3.05) is 29.9 Å². The van der Waals surface area contributed by atoms with Crippen LogP contribution in [0.1, 0.15) is 35.2 Å². The number of nitrogens with zero attached hydrogens (tertiary/aromatic N) is 2. The second-order valence-corrected chi connectivity index (χ2v) is 7.87. The molecule has 1 atom stereocenters. The molecule has 2 aliphatic rings. The Labute approximate surface area is 170 Å². The van der Waals surface area contributed by atoms with Gasteiger partial charge in [-0.1, -0.05) is 23.7 Å². The maximum atomic E-state index is 12.7. The summed E-state index contributed by atoms with van der Waals surface area (Å²) in [6.07, 6.45) is 3.82. The summed E-state index contributed by atoms with van der Waals surface area (Å²) in [4.78, 5) is 29.2. The maximum Gasteiger partial charge on any atom is 0.251 e. The summed E-state index contributed by atoms with van der Waals surface area (Å²) in [5.41, 5.74) is 3.56. The van der Waals surface area contributed by atoms with Gasteiger partial charge in [-0.25, -0.2) is 0 Å². The number of hydrogen-bond acceptors (Lipinski definition) is 3. The molecule has 2 amide bonds. The monoisotopic (exact) mass is 397 g/mol. The average molecular weight is 398 g/mol. The van der Waals surface area contributed by atoms with E-state index < -0.39 is 0 Å². The van der Waals surface area contributed by atoms with Gasteiger partial charge in [-0.2, -0.15) is 0 Å². The fraction of sp³-hybridized carbons (Fsp3) is 0.364. The van der Waals surface area contributed by atoms with Crippen LogP contribution in [0.5, 0.6) is 0 Å². The fourth-order valence-electron chi connectivity index (χ4n) is 4.07. The van der Waals surface area contributed by atoms with Gasteiger partial charge in [0.25, 0.3) is 5.91 Å². The van der Waals surface area contributed by atoms with Gasteiger partial charge in [-0.15, -0.1) is 0 Å². The Kier molecular flexibility index (Phi) is 5.27. The summed E-state index contributed by atoms with van der Waals surface area (Å²) in [5.74, 6) is -0.00845. The van der Waals surface area contributed by atoms with Crippen LogP contribution in [0.2, 0.25) is 5.02 Å². The Balaban J connectivity index is 1.46. The first-order valence-corrected chi connectivity index (χ1v) is 10.1. The number of nitrogens with one attached hydrogen (secondary N) is 1. The summed E-state index contributed by atoms with van der Waals surface area (Å²) >= 11 is 5.90. The Hall–Kier alpha value is -2.53. The number of fused-ring (bicyclic) bond motifs is 3. The highest BCUT2D eigenvalue weighted by Crippen LogP contribution is 2.39. The van der Waals surface area contributed by atoms with Crippen molar-refractivity contribution in [1.82, 2.24) is 5.32 Å². The Bertz CT molecular complexity index is 897. The van der Waals surface area contributed by atoms with Gasteiger partial charge < -0.3 is 15.1 Å². The average Bonchev–Trinajstić information content (AvgIpc) is 2.73. The molecule has 0 radical (unpaired) electrons. The van der Waals surface area contributed by atoms with Crippen molar-refractivity contribution in [1.29, 1.82) is 0 Å². The molecule has 2 aromatic carbocycles. The molecule has 5 nitrogen and oxygen atoms in total. The lowest BCUT2D eigenvalue weighted by atomic mass is 9.96. The number of likely N-dealkylation sites (N-methyl/N-ethyl adjacent to an activating group) is 1. The number of amides is 2. The zero-order chi connectivity index (χ0) is 19.7. The molecule has 1 unspecified atom stereocenters. The van der Waals surface area contributed by atoms with Crippen LogP contribution in [0, 0.1) is 0 Å². The van der Waals surface area contributed by atoms with Gasteiger partial charge in [0, 0.05) is 30.7 Å². The van der Waals surface area contributed by atoms with Crippen LogP contribution < -0.4 is 15.1 Å². The minimum Gasteiger partial charge on any atom is -0.358 e. The number of piperidine rings is 1. The molecule has 1 N–H and O–H groups in total. The van der Waals surface area contributed by atoms with Crippen molar-refractivity contribution >= 4 is 34.8 Å². The van der Waals surface area contributed by atoms with Crippen molar-refractivity contribution in [3.05, 3.63) is 58.6 Å². The summed E-state index contributed by atoms with van der Waals surface area (Å²) in [6, 6.07) is 13.2. The summed E-state index contributed by atoms with van der Waals surface area (Å²) in [5, 5.41) is 3.67. The molecule has 0 bridgehead atoms. The molecule has 0 saturated carbocycles. The number of carbonyl (C=O) groups excluding carboxylic acids is 2. The van der Waals surface area contributed by atoms with Crippen molar-refractivity contribution in [2.24, 2.45) is 0 Å². The molecular weight excluding hydrogens is 374 g/mol. The number of hydrogen-bond donors (Lipinski definition) is 1. The van der Waals surface area contributed by atoms with E-state index >= 15 is 0 Å². The van der Waals surface area contributed by atoms with E-state index in [2.05, 4.69) is 10.2 Å². The standard InChI is InChI=1S/C22H24ClN3O2/c1-25-20-14-16(21(27)24-12-11-15-5-8-17(23)9-6-15)7-10-18(20)26-13-3-2-4-19(26)22(25)28/h5-10,14,19H,2-4,11-13H2,1H3,(H,24,27). The van der Waals surface area contributed by atoms with Gasteiger partial charge in [0.2, 0.25) is 5.91 Å². The summed E-state index contributed by atoms with van der Waals surface area (Å²) in [6.45, 7) is 1.43. The molecule has 146 valence electrons. The van der Waals surface area contributed by atoms with Crippen molar-refractivity contribution in [2.45, 2.75) is 31.7 Å². The Morgan fingerprint density at radius 3 is 2.71 bits per heavy atom. The lowest BCUT2D eigenvalue weighted by Crippen LogP contribution is -2.54. The molecule has 2 heterocycles. The smallest absolute Gasteiger partial charge is 0.251 e. The highest BCUT2D eigenvalue weighted by molar-refractivity contribution is 6.30. The Morgan fingerprint density at radius 2 is 1.93 bits per heavy atom. The molecule has 0 aliphatic carbocycles. The molecule has 4 rings (SSSR count). The van der Waals surface area contributed by atoms with Crippen LogP contribution in [-0.4, -0.2) is 38.0 Å². The molecule has 0 aromatic heterocycles. The number of halogens is 1. The Morgan fingerprint density at radius 1 is 1.14 bits per heavy atom. The SMILES string of the molecule is CN1C(=O)C2CCCCN2c2ccc(C(=O)NCCc3ccc(Cl)cc3)cc21. The fourth-order valence-corrected chi connectivity index (χ4v) is 4.19. The third-order valence-electron chi connectivity index (χ3n) is 5.64. The predicted octanol–water partition coefficient (Wildman–Crippen LogP) is 3.65. The summed E-state index contributed by atoms with van der Waals surface area (Å²) in [7, 11) is 1.80. The summed E-state index contributed by atoms with van der Waals surface area (Å²) < 4.78 is 0. The van der Waals surface area contributed by atoms with Gasteiger partial charge in [0.1, 0.15) is 6.04 Å². The van der Waals surface area contributed by atoms with E-state index in [1.54, 1.807) is 11.9 Å². The zero-order valence-corrected chi connectivity index (χ0v) is 16.7. The normalized spacial score (nSPS) is 18.5. The minimum absolute atomic E-state index is 0.0645. The first-order chi connectivity index (χ1) is 13.5. The minimum atomic E-state index is -0.126. The van der Waals surface area contributed by atoms with Gasteiger partial charge in [-0.05, 0) is 61.6 Å². The molecule has 6 heteroatoms.